The first-order valence-corrected chi connectivity index (χ1v) is 13.5. The summed E-state index contributed by atoms with van der Waals surface area (Å²) in [5, 5.41) is 7.33. The zero-order valence-corrected chi connectivity index (χ0v) is 23.3. The van der Waals surface area contributed by atoms with E-state index in [1.165, 1.54) is 16.9 Å². The van der Waals surface area contributed by atoms with Gasteiger partial charge in [-0.15, -0.1) is 18.3 Å². The van der Waals surface area contributed by atoms with E-state index in [0.29, 0.717) is 41.2 Å². The van der Waals surface area contributed by atoms with Crippen LogP contribution in [0.5, 0.6) is 5.75 Å². The van der Waals surface area contributed by atoms with Gasteiger partial charge in [-0.25, -0.2) is 4.98 Å². The van der Waals surface area contributed by atoms with Crippen LogP contribution in [0.4, 0.5) is 19.1 Å². The van der Waals surface area contributed by atoms with Crippen molar-refractivity contribution in [3.05, 3.63) is 59.0 Å². The lowest BCUT2D eigenvalue weighted by atomic mass is 10.1. The molecule has 13 heteroatoms. The predicted molar refractivity (Wildman–Crippen MR) is 144 cm³/mol. The third kappa shape index (κ3) is 6.95. The molecule has 1 atom stereocenters. The van der Waals surface area contributed by atoms with Crippen LogP contribution in [0.1, 0.15) is 76.7 Å². The Morgan fingerprint density at radius 1 is 1.10 bits per heavy atom. The molecule has 1 aromatic carbocycles. The van der Waals surface area contributed by atoms with Crippen molar-refractivity contribution in [1.29, 1.82) is 0 Å². The molecule has 0 aliphatic heterocycles. The minimum atomic E-state index is -4.87. The number of pyridine rings is 1. The van der Waals surface area contributed by atoms with E-state index >= 15 is 0 Å². The summed E-state index contributed by atoms with van der Waals surface area (Å²) in [6.07, 6.45) is 0.580. The molecule has 0 radical (unpaired) electrons. The van der Waals surface area contributed by atoms with Gasteiger partial charge in [0.15, 0.2) is 11.6 Å². The fraction of sp³-hybridized carbons (Fsp3) is 0.464. The highest BCUT2D eigenvalue weighted by molar-refractivity contribution is 5.95. The number of carbonyl (C=O) groups excluding carboxylic acids is 2. The summed E-state index contributed by atoms with van der Waals surface area (Å²) in [6.45, 7) is 2.41. The van der Waals surface area contributed by atoms with Gasteiger partial charge in [-0.05, 0) is 80.3 Å². The molecule has 2 saturated carbocycles. The molecule has 1 N–H and O–H groups in total. The molecule has 2 aliphatic rings. The van der Waals surface area contributed by atoms with Gasteiger partial charge in [0.05, 0.1) is 11.6 Å². The Morgan fingerprint density at radius 2 is 1.83 bits per heavy atom. The second-order valence-corrected chi connectivity index (χ2v) is 10.9. The van der Waals surface area contributed by atoms with E-state index in [-0.39, 0.29) is 17.4 Å². The second kappa shape index (κ2) is 11.0. The van der Waals surface area contributed by atoms with Gasteiger partial charge in [-0.3, -0.25) is 9.59 Å². The highest BCUT2D eigenvalue weighted by atomic mass is 19.4. The average Bonchev–Trinajstić information content (AvgIpc) is 3.85. The predicted octanol–water partition coefficient (Wildman–Crippen LogP) is 4.48. The number of hydrogen-bond donors (Lipinski definition) is 1. The number of benzene rings is 1. The first kappa shape index (κ1) is 28.4. The molecule has 2 aromatic heterocycles. The molecule has 2 aliphatic carbocycles. The van der Waals surface area contributed by atoms with Gasteiger partial charge in [-0.1, -0.05) is 0 Å². The first-order valence-electron chi connectivity index (χ1n) is 13.5. The maximum atomic E-state index is 13.2. The third-order valence-electron chi connectivity index (χ3n) is 7.02. The summed E-state index contributed by atoms with van der Waals surface area (Å²) in [4.78, 5) is 38.4. The van der Waals surface area contributed by atoms with E-state index in [2.05, 4.69) is 25.1 Å². The van der Waals surface area contributed by atoms with E-state index in [1.54, 1.807) is 56.1 Å². The van der Waals surface area contributed by atoms with Crippen molar-refractivity contribution in [1.82, 2.24) is 30.0 Å². The van der Waals surface area contributed by atoms with Crippen LogP contribution in [0.25, 0.3) is 5.82 Å². The quantitative estimate of drug-likeness (QED) is 0.383. The maximum absolute atomic E-state index is 13.2. The lowest BCUT2D eigenvalue weighted by Gasteiger charge is -2.17. The zero-order valence-electron chi connectivity index (χ0n) is 23.3. The SMILES string of the molecule is C[C@H](NC(=O)c1cc(OC(F)(F)F)cc(C2CC2)c1)c1nc(N(C)C)nn1-c1ccc(C(=O)N(C)CC2CC2)cn1. The fourth-order valence-electron chi connectivity index (χ4n) is 4.52. The van der Waals surface area contributed by atoms with Gasteiger partial charge < -0.3 is 19.9 Å². The molecule has 0 unspecified atom stereocenters. The number of amides is 2. The molecule has 0 spiro atoms. The van der Waals surface area contributed by atoms with Crippen molar-refractivity contribution < 1.29 is 27.5 Å². The summed E-state index contributed by atoms with van der Waals surface area (Å²) in [5.74, 6) is 0.644. The van der Waals surface area contributed by atoms with Gasteiger partial charge in [0.2, 0.25) is 5.95 Å². The van der Waals surface area contributed by atoms with Crippen molar-refractivity contribution in [3.8, 4) is 11.6 Å². The van der Waals surface area contributed by atoms with Gasteiger partial charge in [0.1, 0.15) is 5.75 Å². The third-order valence-corrected chi connectivity index (χ3v) is 7.02. The fourth-order valence-corrected chi connectivity index (χ4v) is 4.52. The van der Waals surface area contributed by atoms with Crippen LogP contribution in [0.15, 0.2) is 36.5 Å². The summed E-state index contributed by atoms with van der Waals surface area (Å²) in [7, 11) is 5.31. The van der Waals surface area contributed by atoms with Crippen LogP contribution in [0.2, 0.25) is 0 Å². The molecule has 218 valence electrons. The summed E-state index contributed by atoms with van der Waals surface area (Å²) in [5.41, 5.74) is 1.13. The number of carbonyl (C=O) groups is 2. The standard InChI is InChI=1S/C28H32F3N7O3/c1-16(33-25(39)21-11-20(18-7-8-18)12-22(13-21)41-28(29,30)31)24-34-27(36(2)3)35-38(24)23-10-9-19(14-32-23)26(40)37(4)15-17-5-6-17/h9-14,16-18H,5-8,15H2,1-4H3,(H,33,39)/t16-/m0/s1. The molecule has 2 amide bonds. The number of nitrogens with one attached hydrogen (secondary N) is 1. The van der Waals surface area contributed by atoms with E-state index in [0.717, 1.165) is 31.7 Å². The van der Waals surface area contributed by atoms with Crippen LogP contribution in [0.3, 0.4) is 0 Å². The zero-order chi connectivity index (χ0) is 29.5. The number of aromatic nitrogens is 4. The van der Waals surface area contributed by atoms with Crippen molar-refractivity contribution in [3.63, 3.8) is 0 Å². The number of ether oxygens (including phenoxy) is 1. The molecule has 2 heterocycles. The van der Waals surface area contributed by atoms with Crippen LogP contribution in [-0.4, -0.2) is 70.5 Å². The number of nitrogens with zero attached hydrogens (tertiary/aromatic N) is 6. The minimum Gasteiger partial charge on any atom is -0.406 e. The van der Waals surface area contributed by atoms with Gasteiger partial charge in [0.25, 0.3) is 11.8 Å². The number of anilines is 1. The van der Waals surface area contributed by atoms with Crippen molar-refractivity contribution in [2.45, 2.75) is 50.9 Å². The Labute approximate surface area is 235 Å². The molecule has 10 nitrogen and oxygen atoms in total. The summed E-state index contributed by atoms with van der Waals surface area (Å²) < 4.78 is 44.3. The monoisotopic (exact) mass is 571 g/mol. The Kier molecular flexibility index (Phi) is 7.62. The number of hydrogen-bond acceptors (Lipinski definition) is 7. The molecule has 5 rings (SSSR count). The number of halogens is 3. The second-order valence-electron chi connectivity index (χ2n) is 10.9. The van der Waals surface area contributed by atoms with E-state index in [4.69, 9.17) is 0 Å². The lowest BCUT2D eigenvalue weighted by Crippen LogP contribution is -2.29. The molecule has 41 heavy (non-hydrogen) atoms. The summed E-state index contributed by atoms with van der Waals surface area (Å²) in [6, 6.07) is 6.63. The minimum absolute atomic E-state index is 0.0516. The maximum Gasteiger partial charge on any atom is 0.573 e. The van der Waals surface area contributed by atoms with Crippen LogP contribution in [0, 0.1) is 5.92 Å². The Balaban J connectivity index is 1.37. The summed E-state index contributed by atoms with van der Waals surface area (Å²) >= 11 is 0. The van der Waals surface area contributed by atoms with Gasteiger partial charge in [0, 0.05) is 39.4 Å². The molecular formula is C28H32F3N7O3. The highest BCUT2D eigenvalue weighted by Gasteiger charge is 2.33. The molecule has 3 aromatic rings. The smallest absolute Gasteiger partial charge is 0.406 e. The Hall–Kier alpha value is -4.16. The highest BCUT2D eigenvalue weighted by Crippen LogP contribution is 2.42. The van der Waals surface area contributed by atoms with E-state index < -0.39 is 24.1 Å². The van der Waals surface area contributed by atoms with Crippen LogP contribution >= 0.6 is 0 Å². The van der Waals surface area contributed by atoms with Crippen molar-refractivity contribution >= 4 is 17.8 Å². The van der Waals surface area contributed by atoms with Gasteiger partial charge >= 0.3 is 6.36 Å². The topological polar surface area (TPSA) is 105 Å². The first-order chi connectivity index (χ1) is 19.4. The number of rotatable bonds is 10. The largest absolute Gasteiger partial charge is 0.573 e. The Morgan fingerprint density at radius 3 is 2.41 bits per heavy atom. The molecule has 2 fully saturated rings. The van der Waals surface area contributed by atoms with Crippen LogP contribution in [-0.2, 0) is 0 Å². The van der Waals surface area contributed by atoms with Gasteiger partial charge in [-0.2, -0.15) is 9.67 Å². The van der Waals surface area contributed by atoms with E-state index in [1.807, 2.05) is 0 Å². The van der Waals surface area contributed by atoms with Crippen molar-refractivity contribution in [2.24, 2.45) is 5.92 Å². The van der Waals surface area contributed by atoms with E-state index in [9.17, 15) is 22.8 Å². The number of alkyl halides is 3. The molecular weight excluding hydrogens is 539 g/mol. The normalized spacial score (nSPS) is 15.8. The molecule has 0 saturated heterocycles. The Bertz CT molecular complexity index is 1430. The molecule has 0 bridgehead atoms. The lowest BCUT2D eigenvalue weighted by molar-refractivity contribution is -0.274. The van der Waals surface area contributed by atoms with Crippen LogP contribution < -0.4 is 15.0 Å². The average molecular weight is 572 g/mol. The van der Waals surface area contributed by atoms with Crippen molar-refractivity contribution in [2.75, 3.05) is 32.6 Å².